The van der Waals surface area contributed by atoms with E-state index in [0.717, 1.165) is 54.7 Å². The fourth-order valence-corrected chi connectivity index (χ4v) is 4.30. The fraction of sp³-hybridized carbons (Fsp3) is 0.222. The minimum absolute atomic E-state index is 0.0274. The van der Waals surface area contributed by atoms with Gasteiger partial charge in [-0.05, 0) is 54.1 Å². The van der Waals surface area contributed by atoms with Crippen molar-refractivity contribution in [3.05, 3.63) is 96.6 Å². The molecule has 2 aliphatic rings. The molecule has 0 spiro atoms. The van der Waals surface area contributed by atoms with E-state index in [4.69, 9.17) is 9.47 Å². The molecule has 2 aliphatic heterocycles. The molecule has 3 aromatic rings. The first-order valence-electron chi connectivity index (χ1n) is 11.2. The number of hydrogen-bond donors (Lipinski definition) is 1. The number of morpholine rings is 1. The topological polar surface area (TPSA) is 54.0 Å². The number of carbonyl (C=O) groups excluding carboxylic acids is 1. The molecule has 1 amide bonds. The van der Waals surface area contributed by atoms with Crippen LogP contribution in [0, 0.1) is 0 Å². The van der Waals surface area contributed by atoms with Gasteiger partial charge in [0.25, 0.3) is 5.91 Å². The van der Waals surface area contributed by atoms with Crippen LogP contribution in [0.4, 0.5) is 17.1 Å². The Balaban J connectivity index is 1.48. The summed E-state index contributed by atoms with van der Waals surface area (Å²) in [6, 6.07) is 23.7. The van der Waals surface area contributed by atoms with Gasteiger partial charge in [-0.3, -0.25) is 9.69 Å². The number of carbonyl (C=O) groups is 1. The Morgan fingerprint density at radius 1 is 0.970 bits per heavy atom. The van der Waals surface area contributed by atoms with Gasteiger partial charge in [0.05, 0.1) is 18.8 Å². The lowest BCUT2D eigenvalue weighted by Gasteiger charge is -2.38. The van der Waals surface area contributed by atoms with E-state index in [1.165, 1.54) is 0 Å². The van der Waals surface area contributed by atoms with Crippen LogP contribution in [0.5, 0.6) is 5.75 Å². The predicted molar refractivity (Wildman–Crippen MR) is 131 cm³/mol. The van der Waals surface area contributed by atoms with Crippen LogP contribution in [-0.2, 0) is 4.74 Å². The molecule has 0 aromatic heterocycles. The standard InChI is InChI=1S/C27H27N3O3/c1-2-17-33-23-13-7-20(8-14-23)26-28-25-6-4-3-5-24(25)27(31)30(26)22-11-9-21(10-12-22)29-15-18-32-19-16-29/h2-14,26,28H,1,15-19H2. The van der Waals surface area contributed by atoms with Gasteiger partial charge in [0.2, 0.25) is 0 Å². The van der Waals surface area contributed by atoms with Gasteiger partial charge in [-0.25, -0.2) is 0 Å². The Hall–Kier alpha value is -3.77. The molecule has 168 valence electrons. The number of fused-ring (bicyclic) bond motifs is 1. The Morgan fingerprint density at radius 3 is 2.39 bits per heavy atom. The van der Waals surface area contributed by atoms with Crippen molar-refractivity contribution in [3.63, 3.8) is 0 Å². The number of nitrogens with zero attached hydrogens (tertiary/aromatic N) is 2. The normalized spacial score (nSPS) is 17.8. The van der Waals surface area contributed by atoms with Crippen molar-refractivity contribution in [2.24, 2.45) is 0 Å². The SMILES string of the molecule is C=CCOc1ccc(C2Nc3ccccc3C(=O)N2c2ccc(N3CCOCC3)cc2)cc1. The van der Waals surface area contributed by atoms with Crippen LogP contribution in [0.15, 0.2) is 85.5 Å². The largest absolute Gasteiger partial charge is 0.490 e. The van der Waals surface area contributed by atoms with Crippen LogP contribution in [0.25, 0.3) is 0 Å². The minimum Gasteiger partial charge on any atom is -0.490 e. The van der Waals surface area contributed by atoms with Crippen molar-refractivity contribution < 1.29 is 14.3 Å². The smallest absolute Gasteiger partial charge is 0.262 e. The molecule has 6 nitrogen and oxygen atoms in total. The van der Waals surface area contributed by atoms with Gasteiger partial charge >= 0.3 is 0 Å². The van der Waals surface area contributed by atoms with E-state index in [9.17, 15) is 4.79 Å². The molecule has 6 heteroatoms. The first-order chi connectivity index (χ1) is 16.2. The van der Waals surface area contributed by atoms with E-state index in [0.29, 0.717) is 12.2 Å². The van der Waals surface area contributed by atoms with Crippen LogP contribution in [0.1, 0.15) is 22.1 Å². The van der Waals surface area contributed by atoms with Crippen LogP contribution in [-0.4, -0.2) is 38.8 Å². The summed E-state index contributed by atoms with van der Waals surface area (Å²) in [7, 11) is 0. The Morgan fingerprint density at radius 2 is 1.67 bits per heavy atom. The molecule has 1 N–H and O–H groups in total. The summed E-state index contributed by atoms with van der Waals surface area (Å²) in [6.07, 6.45) is 1.38. The average Bonchev–Trinajstić information content (AvgIpc) is 2.88. The van der Waals surface area contributed by atoms with Crippen molar-refractivity contribution in [1.82, 2.24) is 0 Å². The molecule has 33 heavy (non-hydrogen) atoms. The molecule has 0 radical (unpaired) electrons. The maximum Gasteiger partial charge on any atom is 0.262 e. The number of anilines is 3. The molecule has 5 rings (SSSR count). The highest BCUT2D eigenvalue weighted by Gasteiger charge is 2.34. The van der Waals surface area contributed by atoms with Gasteiger partial charge in [0, 0.05) is 30.2 Å². The number of para-hydroxylation sites is 1. The van der Waals surface area contributed by atoms with Crippen molar-refractivity contribution in [3.8, 4) is 5.75 Å². The number of benzene rings is 3. The van der Waals surface area contributed by atoms with Gasteiger partial charge in [0.15, 0.2) is 0 Å². The number of hydrogen-bond acceptors (Lipinski definition) is 5. The van der Waals surface area contributed by atoms with Crippen LogP contribution < -0.4 is 19.9 Å². The molecule has 1 unspecified atom stereocenters. The van der Waals surface area contributed by atoms with Gasteiger partial charge in [-0.15, -0.1) is 0 Å². The summed E-state index contributed by atoms with van der Waals surface area (Å²) >= 11 is 0. The third kappa shape index (κ3) is 4.30. The summed E-state index contributed by atoms with van der Waals surface area (Å²) in [5, 5.41) is 3.55. The molecule has 0 bridgehead atoms. The van der Waals surface area contributed by atoms with Crippen molar-refractivity contribution in [2.45, 2.75) is 6.17 Å². The molecule has 3 aromatic carbocycles. The number of nitrogens with one attached hydrogen (secondary N) is 1. The molecule has 2 heterocycles. The lowest BCUT2D eigenvalue weighted by molar-refractivity contribution is 0.0975. The van der Waals surface area contributed by atoms with Gasteiger partial charge in [-0.1, -0.05) is 36.9 Å². The maximum absolute atomic E-state index is 13.6. The highest BCUT2D eigenvalue weighted by molar-refractivity contribution is 6.12. The van der Waals surface area contributed by atoms with Crippen LogP contribution in [0.2, 0.25) is 0 Å². The third-order valence-corrected chi connectivity index (χ3v) is 5.99. The number of ether oxygens (including phenoxy) is 2. The molecular formula is C27H27N3O3. The zero-order valence-electron chi connectivity index (χ0n) is 18.4. The molecule has 1 fully saturated rings. The molecule has 1 saturated heterocycles. The molecule has 1 atom stereocenters. The van der Waals surface area contributed by atoms with Crippen LogP contribution >= 0.6 is 0 Å². The first-order valence-corrected chi connectivity index (χ1v) is 11.2. The van der Waals surface area contributed by atoms with Gasteiger partial charge < -0.3 is 19.7 Å². The van der Waals surface area contributed by atoms with Crippen molar-refractivity contribution >= 4 is 23.0 Å². The quantitative estimate of drug-likeness (QED) is 0.554. The fourth-order valence-electron chi connectivity index (χ4n) is 4.30. The summed E-state index contributed by atoms with van der Waals surface area (Å²) in [5.74, 6) is 0.739. The van der Waals surface area contributed by atoms with Crippen molar-refractivity contribution in [1.29, 1.82) is 0 Å². The monoisotopic (exact) mass is 441 g/mol. The Labute approximate surface area is 194 Å². The summed E-state index contributed by atoms with van der Waals surface area (Å²) in [4.78, 5) is 17.7. The first kappa shape index (κ1) is 21.1. The Bertz CT molecular complexity index is 1120. The zero-order valence-corrected chi connectivity index (χ0v) is 18.4. The van der Waals surface area contributed by atoms with E-state index in [2.05, 4.69) is 28.9 Å². The molecule has 0 aliphatic carbocycles. The lowest BCUT2D eigenvalue weighted by atomic mass is 10.0. The number of rotatable bonds is 6. The molecule has 0 saturated carbocycles. The van der Waals surface area contributed by atoms with E-state index in [1.807, 2.05) is 65.6 Å². The summed E-state index contributed by atoms with van der Waals surface area (Å²) in [5.41, 5.74) is 4.45. The second-order valence-corrected chi connectivity index (χ2v) is 8.05. The summed E-state index contributed by atoms with van der Waals surface area (Å²) < 4.78 is 11.1. The average molecular weight is 442 g/mol. The predicted octanol–water partition coefficient (Wildman–Crippen LogP) is 4.86. The summed E-state index contributed by atoms with van der Waals surface area (Å²) in [6.45, 7) is 7.37. The van der Waals surface area contributed by atoms with Gasteiger partial charge in [0.1, 0.15) is 18.5 Å². The lowest BCUT2D eigenvalue weighted by Crippen LogP contribution is -2.43. The third-order valence-electron chi connectivity index (χ3n) is 5.99. The molecular weight excluding hydrogens is 414 g/mol. The second kappa shape index (κ2) is 9.38. The maximum atomic E-state index is 13.6. The van der Waals surface area contributed by atoms with E-state index in [1.54, 1.807) is 6.08 Å². The minimum atomic E-state index is -0.338. The second-order valence-electron chi connectivity index (χ2n) is 8.05. The highest BCUT2D eigenvalue weighted by Crippen LogP contribution is 2.37. The van der Waals surface area contributed by atoms with E-state index < -0.39 is 0 Å². The van der Waals surface area contributed by atoms with E-state index >= 15 is 0 Å². The highest BCUT2D eigenvalue weighted by atomic mass is 16.5. The van der Waals surface area contributed by atoms with Gasteiger partial charge in [-0.2, -0.15) is 0 Å². The Kier molecular flexibility index (Phi) is 6.00. The number of amides is 1. The zero-order chi connectivity index (χ0) is 22.6. The van der Waals surface area contributed by atoms with Crippen molar-refractivity contribution in [2.75, 3.05) is 48.0 Å². The van der Waals surface area contributed by atoms with Crippen LogP contribution in [0.3, 0.4) is 0 Å². The van der Waals surface area contributed by atoms with E-state index in [-0.39, 0.29) is 12.1 Å².